The van der Waals surface area contributed by atoms with Gasteiger partial charge < -0.3 is 0 Å². The Bertz CT molecular complexity index is 509. The molecule has 1 aromatic heterocycles. The first-order chi connectivity index (χ1) is 7.81. The number of aryl methyl sites for hydroxylation is 1. The highest BCUT2D eigenvalue weighted by atomic mass is 35.5. The number of aromatic nitrogens is 1. The maximum Gasteiger partial charge on any atom is 0.0907 e. The van der Waals surface area contributed by atoms with Crippen molar-refractivity contribution >= 4 is 46.4 Å². The number of benzene rings is 1. The second-order valence-corrected chi connectivity index (χ2v) is 5.45. The smallest absolute Gasteiger partial charge is 0.0907 e. The third-order valence-electron chi connectivity index (χ3n) is 2.87. The summed E-state index contributed by atoms with van der Waals surface area (Å²) < 4.78 is 1.30. The van der Waals surface area contributed by atoms with Crippen molar-refractivity contribution in [1.29, 1.82) is 0 Å². The number of halogens is 2. The molecule has 3 rings (SSSR count). The first-order valence-corrected chi connectivity index (χ1v) is 6.47. The highest BCUT2D eigenvalue weighted by Crippen LogP contribution is 2.23. The van der Waals surface area contributed by atoms with Crippen LogP contribution in [0.5, 0.6) is 0 Å². The van der Waals surface area contributed by atoms with Crippen LogP contribution in [-0.4, -0.2) is 23.1 Å². The van der Waals surface area contributed by atoms with E-state index >= 15 is 0 Å². The quantitative estimate of drug-likeness (QED) is 0.924. The van der Waals surface area contributed by atoms with Gasteiger partial charge in [-0.2, -0.15) is 0 Å². The highest BCUT2D eigenvalue weighted by molar-refractivity contribution is 7.18. The Balaban J connectivity index is 0.000000810. The van der Waals surface area contributed by atoms with Gasteiger partial charge in [-0.25, -0.2) is 9.99 Å². The molecule has 0 saturated carbocycles. The number of nitrogens with one attached hydrogen (secondary N) is 1. The Morgan fingerprint density at radius 1 is 1.39 bits per heavy atom. The van der Waals surface area contributed by atoms with Crippen LogP contribution in [0.15, 0.2) is 18.2 Å². The molecule has 6 heteroatoms. The summed E-state index contributed by atoms with van der Waals surface area (Å²) in [5.74, 6) is 0. The van der Waals surface area contributed by atoms with Gasteiger partial charge in [-0.1, -0.05) is 6.07 Å². The van der Waals surface area contributed by atoms with Gasteiger partial charge in [0.15, 0.2) is 0 Å². The predicted molar refractivity (Wildman–Crippen MR) is 81.9 cm³/mol. The zero-order valence-electron chi connectivity index (χ0n) is 10.2. The largest absolute Gasteiger partial charge is 0.255 e. The first kappa shape index (κ1) is 15.7. The molecular weight excluding hydrogens is 289 g/mol. The second kappa shape index (κ2) is 6.68. The van der Waals surface area contributed by atoms with Gasteiger partial charge in [0.1, 0.15) is 0 Å². The number of hydrazine groups is 1. The molecule has 0 radical (unpaired) electrons. The van der Waals surface area contributed by atoms with E-state index in [1.807, 2.05) is 0 Å². The van der Waals surface area contributed by atoms with Crippen molar-refractivity contribution in [3.63, 3.8) is 0 Å². The van der Waals surface area contributed by atoms with Crippen LogP contribution in [0.4, 0.5) is 0 Å². The van der Waals surface area contributed by atoms with Crippen molar-refractivity contribution in [3.05, 3.63) is 28.8 Å². The average Bonchev–Trinajstić information content (AvgIpc) is 2.85. The van der Waals surface area contributed by atoms with E-state index in [-0.39, 0.29) is 24.8 Å². The average molecular weight is 306 g/mol. The molecule has 1 saturated heterocycles. The van der Waals surface area contributed by atoms with Gasteiger partial charge in [-0.15, -0.1) is 36.2 Å². The third kappa shape index (κ3) is 3.33. The van der Waals surface area contributed by atoms with E-state index in [9.17, 15) is 0 Å². The number of hydrogen-bond acceptors (Lipinski definition) is 4. The molecule has 0 spiro atoms. The molecule has 3 nitrogen and oxygen atoms in total. The minimum absolute atomic E-state index is 0. The normalized spacial score (nSPS) is 15.4. The molecule has 2 heterocycles. The summed E-state index contributed by atoms with van der Waals surface area (Å²) in [5, 5.41) is 3.43. The van der Waals surface area contributed by atoms with Gasteiger partial charge in [0.05, 0.1) is 15.2 Å². The standard InChI is InChI=1S/C12H15N3S.2ClH/c1-9-14-11-4-3-10(7-12(11)16-9)8-15-6-2-5-13-15;;/h3-4,7,13H,2,5-6,8H2,1H3;2*1H. The van der Waals surface area contributed by atoms with Crippen LogP contribution < -0.4 is 5.43 Å². The van der Waals surface area contributed by atoms with Crippen LogP contribution in [0.1, 0.15) is 17.0 Å². The molecule has 1 aliphatic heterocycles. The van der Waals surface area contributed by atoms with E-state index < -0.39 is 0 Å². The fourth-order valence-corrected chi connectivity index (χ4v) is 3.01. The number of hydrogen-bond donors (Lipinski definition) is 1. The zero-order chi connectivity index (χ0) is 11.0. The molecule has 0 bridgehead atoms. The fraction of sp³-hybridized carbons (Fsp3) is 0.417. The molecule has 2 aromatic rings. The topological polar surface area (TPSA) is 28.2 Å². The molecule has 100 valence electrons. The molecule has 0 atom stereocenters. The van der Waals surface area contributed by atoms with E-state index in [0.29, 0.717) is 0 Å². The minimum Gasteiger partial charge on any atom is -0.255 e. The summed E-state index contributed by atoms with van der Waals surface area (Å²) in [4.78, 5) is 4.48. The van der Waals surface area contributed by atoms with Gasteiger partial charge in [0.25, 0.3) is 0 Å². The summed E-state index contributed by atoms with van der Waals surface area (Å²) in [6.45, 7) is 5.32. The molecule has 0 amide bonds. The van der Waals surface area contributed by atoms with Gasteiger partial charge in [0, 0.05) is 19.6 Å². The van der Waals surface area contributed by atoms with Gasteiger partial charge >= 0.3 is 0 Å². The van der Waals surface area contributed by atoms with Crippen LogP contribution in [0.3, 0.4) is 0 Å². The van der Waals surface area contributed by atoms with Crippen molar-refractivity contribution in [2.45, 2.75) is 19.9 Å². The monoisotopic (exact) mass is 305 g/mol. The summed E-state index contributed by atoms with van der Waals surface area (Å²) in [7, 11) is 0. The Hall–Kier alpha value is -0.390. The van der Waals surface area contributed by atoms with E-state index in [1.165, 1.54) is 16.7 Å². The summed E-state index contributed by atoms with van der Waals surface area (Å²) in [6, 6.07) is 6.58. The SMILES string of the molecule is Cc1nc2ccc(CN3CCCN3)cc2s1.Cl.Cl. The number of rotatable bonds is 2. The van der Waals surface area contributed by atoms with Crippen LogP contribution in [0, 0.1) is 6.92 Å². The number of nitrogens with zero attached hydrogens (tertiary/aromatic N) is 2. The molecule has 1 fully saturated rings. The van der Waals surface area contributed by atoms with Crippen molar-refractivity contribution < 1.29 is 0 Å². The maximum atomic E-state index is 4.48. The Morgan fingerprint density at radius 3 is 2.94 bits per heavy atom. The van der Waals surface area contributed by atoms with Crippen LogP contribution in [0.2, 0.25) is 0 Å². The Labute approximate surface area is 123 Å². The Kier molecular flexibility index (Phi) is 5.82. The molecule has 0 unspecified atom stereocenters. The van der Waals surface area contributed by atoms with Crippen LogP contribution in [-0.2, 0) is 6.54 Å². The van der Waals surface area contributed by atoms with E-state index in [1.54, 1.807) is 11.3 Å². The van der Waals surface area contributed by atoms with E-state index in [0.717, 1.165) is 30.2 Å². The molecule has 1 aromatic carbocycles. The van der Waals surface area contributed by atoms with Crippen molar-refractivity contribution in [3.8, 4) is 0 Å². The summed E-state index contributed by atoms with van der Waals surface area (Å²) in [5.41, 5.74) is 5.87. The second-order valence-electron chi connectivity index (χ2n) is 4.22. The highest BCUT2D eigenvalue weighted by Gasteiger charge is 2.11. The van der Waals surface area contributed by atoms with E-state index in [4.69, 9.17) is 0 Å². The number of thiazole rings is 1. The molecule has 0 aliphatic carbocycles. The van der Waals surface area contributed by atoms with Gasteiger partial charge in [-0.3, -0.25) is 5.43 Å². The third-order valence-corrected chi connectivity index (χ3v) is 3.81. The van der Waals surface area contributed by atoms with Crippen molar-refractivity contribution in [2.75, 3.05) is 13.1 Å². The van der Waals surface area contributed by atoms with E-state index in [2.05, 4.69) is 40.5 Å². The van der Waals surface area contributed by atoms with Crippen LogP contribution >= 0.6 is 36.2 Å². The molecule has 1 aliphatic rings. The summed E-state index contributed by atoms with van der Waals surface area (Å²) in [6.07, 6.45) is 1.25. The Morgan fingerprint density at radius 2 is 2.22 bits per heavy atom. The molecule has 18 heavy (non-hydrogen) atoms. The lowest BCUT2D eigenvalue weighted by Gasteiger charge is -2.14. The maximum absolute atomic E-state index is 4.48. The zero-order valence-corrected chi connectivity index (χ0v) is 12.6. The summed E-state index contributed by atoms with van der Waals surface area (Å²) >= 11 is 1.77. The first-order valence-electron chi connectivity index (χ1n) is 5.66. The fourth-order valence-electron chi connectivity index (χ4n) is 2.12. The van der Waals surface area contributed by atoms with Gasteiger partial charge in [-0.05, 0) is 31.0 Å². The lowest BCUT2D eigenvalue weighted by Crippen LogP contribution is -2.29. The molecule has 1 N–H and O–H groups in total. The molecular formula is C12H17Cl2N3S. The lowest BCUT2D eigenvalue weighted by molar-refractivity contribution is 0.244. The van der Waals surface area contributed by atoms with Crippen molar-refractivity contribution in [1.82, 2.24) is 15.4 Å². The lowest BCUT2D eigenvalue weighted by atomic mass is 10.2. The number of fused-ring (bicyclic) bond motifs is 1. The van der Waals surface area contributed by atoms with Crippen LogP contribution in [0.25, 0.3) is 10.2 Å². The predicted octanol–water partition coefficient (Wildman–Crippen LogP) is 3.16. The van der Waals surface area contributed by atoms with Gasteiger partial charge in [0.2, 0.25) is 0 Å². The minimum atomic E-state index is 0. The van der Waals surface area contributed by atoms with Crippen molar-refractivity contribution in [2.24, 2.45) is 0 Å².